The van der Waals surface area contributed by atoms with E-state index in [2.05, 4.69) is 55.6 Å². The van der Waals surface area contributed by atoms with Crippen molar-refractivity contribution in [3.05, 3.63) is 48.6 Å². The Morgan fingerprint density at radius 1 is 0.559 bits per heavy atom. The molecular weight excluding hydrogens is 756 g/mol. The Morgan fingerprint density at radius 2 is 0.949 bits per heavy atom. The zero-order valence-electron chi connectivity index (χ0n) is 39.2. The molecule has 0 saturated carbocycles. The van der Waals surface area contributed by atoms with Crippen molar-refractivity contribution in [2.75, 3.05) is 40.9 Å². The van der Waals surface area contributed by atoms with Crippen LogP contribution in [0.25, 0.3) is 0 Å². The molecule has 9 heteroatoms. The molecule has 0 aromatic heterocycles. The predicted octanol–water partition coefficient (Wildman–Crippen LogP) is 14.0. The first-order valence-electron chi connectivity index (χ1n) is 24.5. The number of nitrogens with zero attached hydrogens (tertiary/aromatic N) is 1. The summed E-state index contributed by atoms with van der Waals surface area (Å²) in [4.78, 5) is 23.1. The van der Waals surface area contributed by atoms with Gasteiger partial charge in [0.1, 0.15) is 13.2 Å². The second-order valence-electron chi connectivity index (χ2n) is 17.8. The Hall–Kier alpha value is -1.54. The summed E-state index contributed by atoms with van der Waals surface area (Å²) in [5.41, 5.74) is 0. The third-order valence-corrected chi connectivity index (χ3v) is 11.7. The average Bonchev–Trinajstić information content (AvgIpc) is 3.19. The van der Waals surface area contributed by atoms with E-state index < -0.39 is 20.0 Å². The van der Waals surface area contributed by atoms with Crippen LogP contribution < -0.4 is 5.32 Å². The summed E-state index contributed by atoms with van der Waals surface area (Å²) >= 11 is 0. The minimum absolute atomic E-state index is 0.0522. The van der Waals surface area contributed by atoms with E-state index in [1.165, 1.54) is 141 Å². The zero-order valence-corrected chi connectivity index (χ0v) is 40.1. The SMILES string of the molecule is CCCC/C=C/CC/C=C/CC/C=C/C(O)C(COP(=O)(O)OCC[N+](C)(C)C)NC(=O)CCCCCCCCCCC/C=C\CCCCCCCCCCCCCC. The molecule has 0 fully saturated rings. The monoisotopic (exact) mass is 852 g/mol. The smallest absolute Gasteiger partial charge is 0.387 e. The van der Waals surface area contributed by atoms with Gasteiger partial charge >= 0.3 is 7.82 Å². The Labute approximate surface area is 365 Å². The lowest BCUT2D eigenvalue weighted by Gasteiger charge is -2.25. The topological polar surface area (TPSA) is 105 Å². The molecule has 0 saturated heterocycles. The van der Waals surface area contributed by atoms with Crippen LogP contribution in [0.5, 0.6) is 0 Å². The highest BCUT2D eigenvalue weighted by molar-refractivity contribution is 7.47. The molecule has 0 radical (unpaired) electrons. The van der Waals surface area contributed by atoms with Gasteiger partial charge in [-0.05, 0) is 64.2 Å². The first kappa shape index (κ1) is 57.5. The number of carbonyl (C=O) groups is 1. The second-order valence-corrected chi connectivity index (χ2v) is 19.3. The van der Waals surface area contributed by atoms with E-state index in [-0.39, 0.29) is 19.1 Å². The highest BCUT2D eigenvalue weighted by Crippen LogP contribution is 2.43. The van der Waals surface area contributed by atoms with Gasteiger partial charge in [-0.3, -0.25) is 13.8 Å². The molecule has 0 aliphatic heterocycles. The third kappa shape index (κ3) is 44.3. The highest BCUT2D eigenvalue weighted by atomic mass is 31.2. The predicted molar refractivity (Wildman–Crippen MR) is 254 cm³/mol. The fraction of sp³-hybridized carbons (Fsp3) is 0.820. The lowest BCUT2D eigenvalue weighted by molar-refractivity contribution is -0.870. The van der Waals surface area contributed by atoms with Crippen molar-refractivity contribution in [3.8, 4) is 0 Å². The summed E-state index contributed by atoms with van der Waals surface area (Å²) in [6.45, 7) is 4.74. The third-order valence-electron chi connectivity index (χ3n) is 10.7. The Bertz CT molecular complexity index is 1100. The van der Waals surface area contributed by atoms with E-state index in [0.717, 1.165) is 51.4 Å². The van der Waals surface area contributed by atoms with Crippen molar-refractivity contribution < 1.29 is 32.9 Å². The number of unbranched alkanes of at least 4 members (excludes halogenated alkanes) is 25. The van der Waals surface area contributed by atoms with Crippen molar-refractivity contribution in [1.82, 2.24) is 5.32 Å². The molecule has 0 heterocycles. The number of hydrogen-bond acceptors (Lipinski definition) is 5. The van der Waals surface area contributed by atoms with Crippen LogP contribution in [-0.4, -0.2) is 73.4 Å². The largest absolute Gasteiger partial charge is 0.472 e. The molecule has 3 unspecified atom stereocenters. The lowest BCUT2D eigenvalue weighted by atomic mass is 10.0. The van der Waals surface area contributed by atoms with Gasteiger partial charge in [0.05, 0.1) is 39.9 Å². The van der Waals surface area contributed by atoms with Crippen molar-refractivity contribution in [3.63, 3.8) is 0 Å². The second kappa shape index (κ2) is 41.8. The fourth-order valence-corrected chi connectivity index (χ4v) is 7.55. The quantitative estimate of drug-likeness (QED) is 0.0244. The van der Waals surface area contributed by atoms with E-state index in [1.807, 2.05) is 27.2 Å². The molecule has 0 aliphatic rings. The average molecular weight is 852 g/mol. The van der Waals surface area contributed by atoms with Gasteiger partial charge in [-0.1, -0.05) is 191 Å². The number of phosphoric acid groups is 1. The molecule has 346 valence electrons. The number of quaternary nitrogens is 1. The Kier molecular flexibility index (Phi) is 40.7. The zero-order chi connectivity index (χ0) is 43.6. The minimum atomic E-state index is -4.35. The summed E-state index contributed by atoms with van der Waals surface area (Å²) in [6, 6.07) is -0.869. The van der Waals surface area contributed by atoms with E-state index >= 15 is 0 Å². The summed E-state index contributed by atoms with van der Waals surface area (Å²) in [7, 11) is 1.54. The number of allylic oxidation sites excluding steroid dienone is 7. The fourth-order valence-electron chi connectivity index (χ4n) is 6.82. The molecule has 0 aromatic carbocycles. The van der Waals surface area contributed by atoms with Crippen LogP contribution in [0.3, 0.4) is 0 Å². The molecule has 1 amide bonds. The van der Waals surface area contributed by atoms with Gasteiger partial charge in [0.25, 0.3) is 0 Å². The van der Waals surface area contributed by atoms with Gasteiger partial charge in [0.2, 0.25) is 5.91 Å². The van der Waals surface area contributed by atoms with Gasteiger partial charge in [0.15, 0.2) is 0 Å². The van der Waals surface area contributed by atoms with E-state index in [9.17, 15) is 19.4 Å². The summed E-state index contributed by atoms with van der Waals surface area (Å²) in [6.07, 6.45) is 53.5. The Balaban J connectivity index is 4.24. The highest BCUT2D eigenvalue weighted by Gasteiger charge is 2.27. The van der Waals surface area contributed by atoms with Gasteiger partial charge in [0, 0.05) is 6.42 Å². The van der Waals surface area contributed by atoms with E-state index in [1.54, 1.807) is 6.08 Å². The number of amides is 1. The van der Waals surface area contributed by atoms with E-state index in [0.29, 0.717) is 17.4 Å². The maximum absolute atomic E-state index is 12.9. The number of aliphatic hydroxyl groups is 1. The molecular formula is C50H96N2O6P+. The molecule has 0 aromatic rings. The van der Waals surface area contributed by atoms with Crippen LogP contribution in [0.15, 0.2) is 48.6 Å². The summed E-state index contributed by atoms with van der Waals surface area (Å²) < 4.78 is 23.5. The van der Waals surface area contributed by atoms with Gasteiger partial charge in [-0.25, -0.2) is 4.57 Å². The number of phosphoric ester groups is 1. The first-order chi connectivity index (χ1) is 28.5. The molecule has 3 atom stereocenters. The Morgan fingerprint density at radius 3 is 1.41 bits per heavy atom. The molecule has 0 aliphatic carbocycles. The van der Waals surface area contributed by atoms with Crippen LogP contribution in [0.4, 0.5) is 0 Å². The molecule has 8 nitrogen and oxygen atoms in total. The van der Waals surface area contributed by atoms with Crippen LogP contribution in [0.2, 0.25) is 0 Å². The molecule has 59 heavy (non-hydrogen) atoms. The molecule has 0 spiro atoms. The van der Waals surface area contributed by atoms with Crippen molar-refractivity contribution in [2.24, 2.45) is 0 Å². The maximum Gasteiger partial charge on any atom is 0.472 e. The van der Waals surface area contributed by atoms with Gasteiger partial charge in [-0.15, -0.1) is 0 Å². The van der Waals surface area contributed by atoms with Gasteiger partial charge < -0.3 is 19.8 Å². The van der Waals surface area contributed by atoms with Crippen LogP contribution in [-0.2, 0) is 18.4 Å². The molecule has 0 bridgehead atoms. The van der Waals surface area contributed by atoms with Crippen molar-refractivity contribution >= 4 is 13.7 Å². The minimum Gasteiger partial charge on any atom is -0.387 e. The number of nitrogens with one attached hydrogen (secondary N) is 1. The van der Waals surface area contributed by atoms with Crippen LogP contribution in [0, 0.1) is 0 Å². The number of likely N-dealkylation sites (N-methyl/N-ethyl adjacent to an activating group) is 1. The first-order valence-corrected chi connectivity index (χ1v) is 26.0. The lowest BCUT2D eigenvalue weighted by Crippen LogP contribution is -2.45. The van der Waals surface area contributed by atoms with Crippen LogP contribution >= 0.6 is 7.82 Å². The number of aliphatic hydroxyl groups excluding tert-OH is 1. The normalized spacial score (nSPS) is 14.6. The number of hydrogen-bond donors (Lipinski definition) is 3. The number of carbonyl (C=O) groups excluding carboxylic acids is 1. The van der Waals surface area contributed by atoms with Crippen LogP contribution in [0.1, 0.15) is 213 Å². The van der Waals surface area contributed by atoms with Crippen molar-refractivity contribution in [2.45, 2.75) is 225 Å². The molecule has 3 N–H and O–H groups in total. The standard InChI is InChI=1S/C50H95N2O6P/c1-6-8-10-12-14-16-18-20-21-22-23-24-25-26-27-28-29-30-31-32-34-36-38-40-42-44-50(54)51-48(47-58-59(55,56)57-46-45-52(3,4)5)49(53)43-41-39-37-35-33-19-17-15-13-11-9-7-2/h13,15,26-27,33,35,41,43,48-49,53H,6-12,14,16-25,28-32,34,36-40,42,44-47H2,1-5H3,(H-,51,54,55,56)/p+1/b15-13+,27-26-,35-33+,43-41+. The summed E-state index contributed by atoms with van der Waals surface area (Å²) in [5, 5.41) is 13.8. The van der Waals surface area contributed by atoms with Gasteiger partial charge in [-0.2, -0.15) is 0 Å². The molecule has 0 rings (SSSR count). The van der Waals surface area contributed by atoms with Crippen molar-refractivity contribution in [1.29, 1.82) is 0 Å². The maximum atomic E-state index is 12.9. The summed E-state index contributed by atoms with van der Waals surface area (Å²) in [5.74, 6) is -0.195. The number of rotatable bonds is 44. The van der Waals surface area contributed by atoms with E-state index in [4.69, 9.17) is 9.05 Å².